The summed E-state index contributed by atoms with van der Waals surface area (Å²) >= 11 is 0. The van der Waals surface area contributed by atoms with Crippen LogP contribution < -0.4 is 0 Å². The van der Waals surface area contributed by atoms with Gasteiger partial charge in [0.1, 0.15) is 12.6 Å². The Morgan fingerprint density at radius 1 is 1.00 bits per heavy atom. The van der Waals surface area contributed by atoms with E-state index in [1.807, 2.05) is 0 Å². The maximum atomic E-state index is 9.56. The van der Waals surface area contributed by atoms with E-state index < -0.39 is 0 Å². The van der Waals surface area contributed by atoms with Crippen molar-refractivity contribution in [2.24, 2.45) is 0 Å². The molecule has 0 aliphatic heterocycles. The van der Waals surface area contributed by atoms with Crippen LogP contribution in [0.1, 0.15) is 19.3 Å². The van der Waals surface area contributed by atoms with Gasteiger partial charge in [0, 0.05) is 40.1 Å². The normalized spacial score (nSPS) is 7.00. The molecule has 8 heavy (non-hydrogen) atoms. The van der Waals surface area contributed by atoms with E-state index in [9.17, 15) is 9.59 Å². The Labute approximate surface area is 68.8 Å². The van der Waals surface area contributed by atoms with Crippen LogP contribution in [0.3, 0.4) is 0 Å². The monoisotopic (exact) mass is 308 g/mol. The maximum Gasteiger partial charge on any atom is 0.120 e. The van der Waals surface area contributed by atoms with Crippen molar-refractivity contribution in [3.05, 3.63) is 0 Å². The fourth-order valence-electron chi connectivity index (χ4n) is 0.285. The summed E-state index contributed by atoms with van der Waals surface area (Å²) in [7, 11) is 0. The van der Waals surface area contributed by atoms with Crippen molar-refractivity contribution in [2.75, 3.05) is 0 Å². The van der Waals surface area contributed by atoms with Gasteiger partial charge in [0.25, 0.3) is 0 Å². The fraction of sp³-hybridized carbons (Fsp3) is 0.600. The maximum absolute atomic E-state index is 9.56. The molecule has 0 aliphatic carbocycles. The third kappa shape index (κ3) is 9.55. The first-order valence-electron chi connectivity index (χ1n) is 2.29. The SMILES string of the molecule is O=CCCCC=O.[Pb]. The molecule has 2 nitrogen and oxygen atoms in total. The van der Waals surface area contributed by atoms with E-state index in [1.54, 1.807) is 0 Å². The van der Waals surface area contributed by atoms with Crippen molar-refractivity contribution >= 4 is 39.9 Å². The van der Waals surface area contributed by atoms with Gasteiger partial charge in [0.2, 0.25) is 0 Å². The van der Waals surface area contributed by atoms with Gasteiger partial charge in [0.15, 0.2) is 0 Å². The second kappa shape index (κ2) is 10.3. The zero-order valence-electron chi connectivity index (χ0n) is 4.59. The van der Waals surface area contributed by atoms with Crippen molar-refractivity contribution < 1.29 is 9.59 Å². The summed E-state index contributed by atoms with van der Waals surface area (Å²) in [5.41, 5.74) is 0. The smallest absolute Gasteiger partial charge is 0.120 e. The first-order chi connectivity index (χ1) is 3.41. The number of aldehydes is 2. The standard InChI is InChI=1S/C5H8O2.Pb/c6-4-2-1-3-5-7;/h4-5H,1-3H2;. The van der Waals surface area contributed by atoms with E-state index in [-0.39, 0.29) is 27.3 Å². The molecule has 0 amide bonds. The van der Waals surface area contributed by atoms with Crippen molar-refractivity contribution in [1.82, 2.24) is 0 Å². The molecule has 0 saturated carbocycles. The van der Waals surface area contributed by atoms with E-state index in [1.165, 1.54) is 0 Å². The van der Waals surface area contributed by atoms with Gasteiger partial charge in [-0.2, -0.15) is 0 Å². The third-order valence-corrected chi connectivity index (χ3v) is 0.644. The summed E-state index contributed by atoms with van der Waals surface area (Å²) in [6, 6.07) is 0. The second-order valence-corrected chi connectivity index (χ2v) is 1.26. The minimum absolute atomic E-state index is 0. The van der Waals surface area contributed by atoms with Gasteiger partial charge < -0.3 is 9.59 Å². The zero-order chi connectivity index (χ0) is 5.54. The molecule has 0 unspecified atom stereocenters. The van der Waals surface area contributed by atoms with Crippen LogP contribution >= 0.6 is 0 Å². The number of carbonyl (C=O) groups excluding carboxylic acids is 2. The predicted octanol–water partition coefficient (Wildman–Crippen LogP) is 0.174. The van der Waals surface area contributed by atoms with E-state index in [0.717, 1.165) is 12.6 Å². The van der Waals surface area contributed by atoms with E-state index in [4.69, 9.17) is 0 Å². The first-order valence-corrected chi connectivity index (χ1v) is 2.29. The van der Waals surface area contributed by atoms with Gasteiger partial charge in [-0.25, -0.2) is 0 Å². The van der Waals surface area contributed by atoms with Gasteiger partial charge in [-0.05, 0) is 6.42 Å². The summed E-state index contributed by atoms with van der Waals surface area (Å²) < 4.78 is 0. The van der Waals surface area contributed by atoms with E-state index >= 15 is 0 Å². The van der Waals surface area contributed by atoms with Crippen LogP contribution in [0.2, 0.25) is 0 Å². The molecule has 4 radical (unpaired) electrons. The van der Waals surface area contributed by atoms with Gasteiger partial charge in [-0.3, -0.25) is 0 Å². The molecule has 0 N–H and O–H groups in total. The largest absolute Gasteiger partial charge is 0.303 e. The predicted molar refractivity (Wildman–Crippen MR) is 31.7 cm³/mol. The molecule has 0 rings (SSSR count). The Bertz CT molecular complexity index is 55.4. The Balaban J connectivity index is 0. The summed E-state index contributed by atoms with van der Waals surface area (Å²) in [6.45, 7) is 0. The Morgan fingerprint density at radius 2 is 1.38 bits per heavy atom. The van der Waals surface area contributed by atoms with Gasteiger partial charge in [-0.15, -0.1) is 0 Å². The van der Waals surface area contributed by atoms with Crippen molar-refractivity contribution in [2.45, 2.75) is 19.3 Å². The topological polar surface area (TPSA) is 34.1 Å². The molecule has 0 aromatic carbocycles. The van der Waals surface area contributed by atoms with E-state index in [0.29, 0.717) is 19.3 Å². The number of hydrogen-bond acceptors (Lipinski definition) is 2. The molecule has 0 aromatic rings. The minimum atomic E-state index is 0. The van der Waals surface area contributed by atoms with Crippen molar-refractivity contribution in [3.8, 4) is 0 Å². The summed E-state index contributed by atoms with van der Waals surface area (Å²) in [5, 5.41) is 0. The molecule has 0 aromatic heterocycles. The molecule has 44 valence electrons. The van der Waals surface area contributed by atoms with Crippen LogP contribution in [0.15, 0.2) is 0 Å². The molecule has 0 aliphatic rings. The zero-order valence-corrected chi connectivity index (χ0v) is 8.48. The van der Waals surface area contributed by atoms with Crippen LogP contribution in [-0.2, 0) is 9.59 Å². The second-order valence-electron chi connectivity index (χ2n) is 1.26. The molecule has 0 spiro atoms. The molecule has 0 saturated heterocycles. The quantitative estimate of drug-likeness (QED) is 0.422. The molecule has 0 atom stereocenters. The van der Waals surface area contributed by atoms with Gasteiger partial charge in [0.05, 0.1) is 0 Å². The molecule has 0 heterocycles. The van der Waals surface area contributed by atoms with Crippen LogP contribution in [-0.4, -0.2) is 39.9 Å². The number of unbranched alkanes of at least 4 members (excludes halogenated alkanes) is 2. The molecular formula is C5H8O2Pb. The van der Waals surface area contributed by atoms with E-state index in [2.05, 4.69) is 0 Å². The molecular weight excluding hydrogens is 299 g/mol. The van der Waals surface area contributed by atoms with Crippen LogP contribution in [0.4, 0.5) is 0 Å². The Hall–Kier alpha value is 0.262. The van der Waals surface area contributed by atoms with Gasteiger partial charge in [-0.1, -0.05) is 0 Å². The molecule has 0 fully saturated rings. The Morgan fingerprint density at radius 3 is 1.62 bits per heavy atom. The number of rotatable bonds is 4. The average molecular weight is 307 g/mol. The van der Waals surface area contributed by atoms with Crippen LogP contribution in [0.25, 0.3) is 0 Å². The minimum Gasteiger partial charge on any atom is -0.303 e. The van der Waals surface area contributed by atoms with Crippen LogP contribution in [0, 0.1) is 0 Å². The molecule has 0 bridgehead atoms. The average Bonchev–Trinajstić information content (AvgIpc) is 1.69. The Kier molecular flexibility index (Phi) is 14.3. The summed E-state index contributed by atoms with van der Waals surface area (Å²) in [6.07, 6.45) is 3.37. The summed E-state index contributed by atoms with van der Waals surface area (Å²) in [5.74, 6) is 0. The first kappa shape index (κ1) is 11.1. The third-order valence-electron chi connectivity index (χ3n) is 0.644. The summed E-state index contributed by atoms with van der Waals surface area (Å²) in [4.78, 5) is 19.1. The molecule has 3 heteroatoms. The van der Waals surface area contributed by atoms with Gasteiger partial charge >= 0.3 is 0 Å². The van der Waals surface area contributed by atoms with Crippen molar-refractivity contribution in [3.63, 3.8) is 0 Å². The fourth-order valence-corrected chi connectivity index (χ4v) is 0.285. The number of hydrogen-bond donors (Lipinski definition) is 0. The van der Waals surface area contributed by atoms with Crippen molar-refractivity contribution in [1.29, 1.82) is 0 Å². The number of carbonyl (C=O) groups is 2. The van der Waals surface area contributed by atoms with Crippen LogP contribution in [0.5, 0.6) is 0 Å².